The Morgan fingerprint density at radius 2 is 1.87 bits per heavy atom. The number of nitrogens with one attached hydrogen (secondary N) is 1. The average Bonchev–Trinajstić information content (AvgIpc) is 3.06. The summed E-state index contributed by atoms with van der Waals surface area (Å²) < 4.78 is 14.9. The maximum absolute atomic E-state index is 13.0. The number of carbonyl (C=O) groups is 1. The third kappa shape index (κ3) is 4.23. The van der Waals surface area contributed by atoms with Crippen molar-refractivity contribution in [1.82, 2.24) is 20.1 Å². The Balaban J connectivity index is 1.38. The Kier molecular flexibility index (Phi) is 6.11. The van der Waals surface area contributed by atoms with Crippen LogP contribution in [0.4, 0.5) is 4.39 Å². The van der Waals surface area contributed by atoms with Gasteiger partial charge in [-0.25, -0.2) is 4.39 Å². The largest absolute Gasteiger partial charge is 0.348 e. The highest BCUT2D eigenvalue weighted by Crippen LogP contribution is 2.44. The van der Waals surface area contributed by atoms with E-state index in [1.165, 1.54) is 23.9 Å². The number of nitrogens with zero attached hydrogens (tertiary/aromatic N) is 3. The molecule has 30 heavy (non-hydrogen) atoms. The first-order valence-electron chi connectivity index (χ1n) is 9.78. The Bertz CT molecular complexity index is 1030. The molecule has 0 saturated heterocycles. The lowest BCUT2D eigenvalue weighted by molar-refractivity contribution is -0.130. The Labute approximate surface area is 184 Å². The number of halogens is 2. The summed E-state index contributed by atoms with van der Waals surface area (Å²) in [4.78, 5) is 13.0. The van der Waals surface area contributed by atoms with Crippen LogP contribution < -0.4 is 5.32 Å². The maximum Gasteiger partial charge on any atom is 0.231 e. The molecule has 0 radical (unpaired) electrons. The summed E-state index contributed by atoms with van der Waals surface area (Å²) in [7, 11) is 1.88. The molecule has 0 aliphatic heterocycles. The van der Waals surface area contributed by atoms with Gasteiger partial charge in [0.2, 0.25) is 5.91 Å². The lowest BCUT2D eigenvalue weighted by atomic mass is 9.64. The minimum absolute atomic E-state index is 0.0135. The number of benzene rings is 2. The molecule has 8 heteroatoms. The SMILES string of the molecule is Cn1c(CNC(=O)C2(c3ccc(Cl)cc3)CCC2)nnc1SCc1ccc(F)cc1. The van der Waals surface area contributed by atoms with Gasteiger partial charge in [0.15, 0.2) is 11.0 Å². The maximum atomic E-state index is 13.0. The molecule has 4 rings (SSSR count). The van der Waals surface area contributed by atoms with E-state index < -0.39 is 5.41 Å². The standard InChI is InChI=1S/C22H22ClFN4OS/c1-28-19(26-27-21(28)30-14-15-3-9-18(24)10-4-15)13-25-20(29)22(11-2-12-22)16-5-7-17(23)8-6-16/h3-10H,2,11-14H2,1H3,(H,25,29). The fourth-order valence-corrected chi connectivity index (χ4v) is 4.64. The third-order valence-electron chi connectivity index (χ3n) is 5.65. The highest BCUT2D eigenvalue weighted by atomic mass is 35.5. The first kappa shape index (κ1) is 20.9. The molecule has 0 bridgehead atoms. The molecule has 5 nitrogen and oxygen atoms in total. The number of aromatic nitrogens is 3. The summed E-state index contributed by atoms with van der Waals surface area (Å²) in [6, 6.07) is 14.0. The highest BCUT2D eigenvalue weighted by Gasteiger charge is 2.45. The number of hydrogen-bond donors (Lipinski definition) is 1. The molecule has 156 valence electrons. The smallest absolute Gasteiger partial charge is 0.231 e. The van der Waals surface area contributed by atoms with E-state index in [0.29, 0.717) is 23.1 Å². The van der Waals surface area contributed by atoms with Gasteiger partial charge in [0.25, 0.3) is 0 Å². The zero-order chi connectivity index (χ0) is 21.1. The average molecular weight is 445 g/mol. The molecular weight excluding hydrogens is 423 g/mol. The van der Waals surface area contributed by atoms with Gasteiger partial charge in [-0.15, -0.1) is 10.2 Å². The van der Waals surface area contributed by atoms with Crippen LogP contribution in [0.2, 0.25) is 5.02 Å². The fourth-order valence-electron chi connectivity index (χ4n) is 3.63. The summed E-state index contributed by atoms with van der Waals surface area (Å²) >= 11 is 7.52. The second-order valence-corrected chi connectivity index (χ2v) is 8.88. The van der Waals surface area contributed by atoms with Crippen molar-refractivity contribution < 1.29 is 9.18 Å². The molecule has 1 amide bonds. The van der Waals surface area contributed by atoms with Crippen LogP contribution in [0.25, 0.3) is 0 Å². The normalized spacial score (nSPS) is 14.9. The van der Waals surface area contributed by atoms with Crippen molar-refractivity contribution in [1.29, 1.82) is 0 Å². The van der Waals surface area contributed by atoms with Gasteiger partial charge in [-0.3, -0.25) is 4.79 Å². The molecular formula is C22H22ClFN4OS. The van der Waals surface area contributed by atoms with Gasteiger partial charge < -0.3 is 9.88 Å². The van der Waals surface area contributed by atoms with Crippen molar-refractivity contribution in [3.05, 3.63) is 76.3 Å². The van der Waals surface area contributed by atoms with Gasteiger partial charge in [0.05, 0.1) is 12.0 Å². The summed E-state index contributed by atoms with van der Waals surface area (Å²) in [5, 5.41) is 12.9. The van der Waals surface area contributed by atoms with E-state index in [2.05, 4.69) is 15.5 Å². The second kappa shape index (κ2) is 8.78. The van der Waals surface area contributed by atoms with E-state index >= 15 is 0 Å². The van der Waals surface area contributed by atoms with Gasteiger partial charge in [-0.05, 0) is 48.2 Å². The zero-order valence-corrected chi connectivity index (χ0v) is 18.1. The molecule has 0 unspecified atom stereocenters. The van der Waals surface area contributed by atoms with Crippen molar-refractivity contribution in [2.24, 2.45) is 7.05 Å². The van der Waals surface area contributed by atoms with E-state index in [0.717, 1.165) is 35.5 Å². The van der Waals surface area contributed by atoms with Crippen molar-refractivity contribution in [3.8, 4) is 0 Å². The lowest BCUT2D eigenvalue weighted by Crippen LogP contribution is -2.49. The van der Waals surface area contributed by atoms with Gasteiger partial charge in [0.1, 0.15) is 5.82 Å². The van der Waals surface area contributed by atoms with Crippen LogP contribution in [0.3, 0.4) is 0 Å². The zero-order valence-electron chi connectivity index (χ0n) is 16.6. The number of rotatable bonds is 7. The first-order valence-corrected chi connectivity index (χ1v) is 11.1. The minimum Gasteiger partial charge on any atom is -0.348 e. The molecule has 2 aromatic carbocycles. The summed E-state index contributed by atoms with van der Waals surface area (Å²) in [6.45, 7) is 0.314. The van der Waals surface area contributed by atoms with Crippen LogP contribution >= 0.6 is 23.4 Å². The van der Waals surface area contributed by atoms with Crippen LogP contribution in [0.5, 0.6) is 0 Å². The van der Waals surface area contributed by atoms with Crippen molar-refractivity contribution >= 4 is 29.3 Å². The molecule has 1 saturated carbocycles. The molecule has 1 aliphatic carbocycles. The Morgan fingerprint density at radius 3 is 2.50 bits per heavy atom. The lowest BCUT2D eigenvalue weighted by Gasteiger charge is -2.40. The summed E-state index contributed by atoms with van der Waals surface area (Å²) in [5.41, 5.74) is 1.53. The van der Waals surface area contributed by atoms with Crippen molar-refractivity contribution in [3.63, 3.8) is 0 Å². The molecule has 1 aromatic heterocycles. The molecule has 0 atom stereocenters. The van der Waals surface area contributed by atoms with Gasteiger partial charge in [-0.1, -0.05) is 54.0 Å². The van der Waals surface area contributed by atoms with Crippen LogP contribution in [-0.4, -0.2) is 20.7 Å². The summed E-state index contributed by atoms with van der Waals surface area (Å²) in [6.07, 6.45) is 2.69. The van der Waals surface area contributed by atoms with Gasteiger partial charge >= 0.3 is 0 Å². The number of hydrogen-bond acceptors (Lipinski definition) is 4. The first-order chi connectivity index (χ1) is 14.5. The van der Waals surface area contributed by atoms with Crippen LogP contribution in [0.1, 0.15) is 36.2 Å². The monoisotopic (exact) mass is 444 g/mol. The van der Waals surface area contributed by atoms with E-state index in [1.807, 2.05) is 35.9 Å². The Morgan fingerprint density at radius 1 is 1.17 bits per heavy atom. The minimum atomic E-state index is -0.483. The highest BCUT2D eigenvalue weighted by molar-refractivity contribution is 7.98. The van der Waals surface area contributed by atoms with E-state index in [4.69, 9.17) is 11.6 Å². The van der Waals surface area contributed by atoms with Gasteiger partial charge in [0, 0.05) is 17.8 Å². The van der Waals surface area contributed by atoms with E-state index in [-0.39, 0.29) is 11.7 Å². The molecule has 3 aromatic rings. The predicted octanol–water partition coefficient (Wildman–Crippen LogP) is 4.64. The third-order valence-corrected chi connectivity index (χ3v) is 7.00. The number of thioether (sulfide) groups is 1. The van der Waals surface area contributed by atoms with Crippen LogP contribution in [0, 0.1) is 5.82 Å². The predicted molar refractivity (Wildman–Crippen MR) is 116 cm³/mol. The van der Waals surface area contributed by atoms with Crippen molar-refractivity contribution in [2.75, 3.05) is 0 Å². The second-order valence-electron chi connectivity index (χ2n) is 7.50. The number of amides is 1. The van der Waals surface area contributed by atoms with Gasteiger partial charge in [-0.2, -0.15) is 0 Å². The molecule has 1 aliphatic rings. The molecule has 1 heterocycles. The van der Waals surface area contributed by atoms with Crippen LogP contribution in [0.15, 0.2) is 53.7 Å². The van der Waals surface area contributed by atoms with E-state index in [9.17, 15) is 9.18 Å². The Hall–Kier alpha value is -2.38. The molecule has 1 fully saturated rings. The fraction of sp³-hybridized carbons (Fsp3) is 0.318. The van der Waals surface area contributed by atoms with E-state index in [1.54, 1.807) is 12.1 Å². The summed E-state index contributed by atoms with van der Waals surface area (Å²) in [5.74, 6) is 1.12. The quantitative estimate of drug-likeness (QED) is 0.539. The topological polar surface area (TPSA) is 59.8 Å². The number of carbonyl (C=O) groups excluding carboxylic acids is 1. The van der Waals surface area contributed by atoms with Crippen LogP contribution in [-0.2, 0) is 29.6 Å². The molecule has 1 N–H and O–H groups in total. The van der Waals surface area contributed by atoms with Crippen molar-refractivity contribution in [2.45, 2.75) is 42.1 Å². The molecule has 0 spiro atoms.